The summed E-state index contributed by atoms with van der Waals surface area (Å²) in [6.07, 6.45) is 2.80. The van der Waals surface area contributed by atoms with Crippen molar-refractivity contribution in [3.63, 3.8) is 0 Å². The van der Waals surface area contributed by atoms with E-state index < -0.39 is 15.5 Å². The molecule has 0 fully saturated rings. The van der Waals surface area contributed by atoms with Crippen LogP contribution in [0.5, 0.6) is 0 Å². The van der Waals surface area contributed by atoms with Gasteiger partial charge < -0.3 is 0 Å². The van der Waals surface area contributed by atoms with Crippen LogP contribution in [0.1, 0.15) is 6.92 Å². The topological polar surface area (TPSA) is 86.3 Å². The van der Waals surface area contributed by atoms with Crippen LogP contribution in [0.15, 0.2) is 35.7 Å². The summed E-state index contributed by atoms with van der Waals surface area (Å²) in [5, 5.41) is 20.8. The number of rotatable bonds is 5. The number of hydrogen-bond acceptors (Lipinski definition) is 4. The van der Waals surface area contributed by atoms with Crippen LogP contribution >= 0.6 is 0 Å². The largest absolute Gasteiger partial charge is 0.276 e. The third kappa shape index (κ3) is 4.75. The predicted molar refractivity (Wildman–Crippen MR) is 58.3 cm³/mol. The van der Waals surface area contributed by atoms with E-state index in [0.29, 0.717) is 6.32 Å². The highest BCUT2D eigenvalue weighted by Gasteiger charge is 2.13. The zero-order valence-corrected chi connectivity index (χ0v) is 8.60. The lowest BCUT2D eigenvalue weighted by Gasteiger charge is -1.94. The van der Waals surface area contributed by atoms with Gasteiger partial charge in [-0.3, -0.25) is 20.2 Å². The first-order valence-electron chi connectivity index (χ1n) is 4.25. The molecule has 0 aromatic heterocycles. The van der Waals surface area contributed by atoms with Crippen molar-refractivity contribution in [1.82, 2.24) is 0 Å². The summed E-state index contributed by atoms with van der Waals surface area (Å²) in [7, 11) is 1.84. The van der Waals surface area contributed by atoms with Crippen molar-refractivity contribution in [2.75, 3.05) is 0 Å². The molecular formula is C8H11BN2O4. The van der Waals surface area contributed by atoms with Gasteiger partial charge in [0.05, 0.1) is 15.9 Å². The molecule has 0 aliphatic heterocycles. The van der Waals surface area contributed by atoms with Crippen LogP contribution in [0.2, 0.25) is 6.32 Å². The molecular weight excluding hydrogens is 199 g/mol. The summed E-state index contributed by atoms with van der Waals surface area (Å²) in [4.78, 5) is 19.3. The van der Waals surface area contributed by atoms with E-state index in [1.165, 1.54) is 6.08 Å². The second kappa shape index (κ2) is 5.74. The second-order valence-corrected chi connectivity index (χ2v) is 2.92. The van der Waals surface area contributed by atoms with Crippen molar-refractivity contribution in [1.29, 1.82) is 0 Å². The van der Waals surface area contributed by atoms with Gasteiger partial charge in [0, 0.05) is 6.08 Å². The standard InChI is InChI=1S/C8H11BN2O4/c1-6(5-9)3-8(11(14)15)4-7(2)10(12)13/h3-4H,2,5,9H2,1H3/b6-3+,8-4+. The minimum Gasteiger partial charge on any atom is -0.258 e. The summed E-state index contributed by atoms with van der Waals surface area (Å²) in [6, 6.07) is 0. The molecule has 0 heterocycles. The van der Waals surface area contributed by atoms with E-state index >= 15 is 0 Å². The molecule has 0 aromatic rings. The smallest absolute Gasteiger partial charge is 0.258 e. The third-order valence-corrected chi connectivity index (χ3v) is 1.71. The molecule has 0 aromatic carbocycles. The zero-order valence-electron chi connectivity index (χ0n) is 8.60. The molecule has 6 nitrogen and oxygen atoms in total. The molecule has 0 saturated carbocycles. The Morgan fingerprint density at radius 3 is 2.20 bits per heavy atom. The lowest BCUT2D eigenvalue weighted by molar-refractivity contribution is -0.430. The van der Waals surface area contributed by atoms with Gasteiger partial charge in [-0.05, 0) is 13.5 Å². The van der Waals surface area contributed by atoms with Gasteiger partial charge in [0.15, 0.2) is 0 Å². The fraction of sp³-hybridized carbons (Fsp3) is 0.250. The van der Waals surface area contributed by atoms with Gasteiger partial charge in [-0.25, -0.2) is 0 Å². The first-order valence-corrected chi connectivity index (χ1v) is 4.25. The van der Waals surface area contributed by atoms with Gasteiger partial charge in [0.25, 0.3) is 11.4 Å². The molecule has 0 spiro atoms. The second-order valence-electron chi connectivity index (χ2n) is 2.92. The van der Waals surface area contributed by atoms with Gasteiger partial charge in [-0.1, -0.05) is 11.9 Å². The quantitative estimate of drug-likeness (QED) is 0.292. The Bertz CT molecular complexity index is 360. The van der Waals surface area contributed by atoms with Crippen LogP contribution < -0.4 is 0 Å². The number of nitro groups is 2. The highest BCUT2D eigenvalue weighted by Crippen LogP contribution is 2.08. The Morgan fingerprint density at radius 2 is 1.87 bits per heavy atom. The molecule has 0 aliphatic rings. The first kappa shape index (κ1) is 13.1. The van der Waals surface area contributed by atoms with Gasteiger partial charge in [0.2, 0.25) is 0 Å². The average Bonchev–Trinajstić information content (AvgIpc) is 2.15. The van der Waals surface area contributed by atoms with Gasteiger partial charge >= 0.3 is 0 Å². The molecule has 0 N–H and O–H groups in total. The number of hydrogen-bond donors (Lipinski definition) is 0. The zero-order chi connectivity index (χ0) is 12.0. The van der Waals surface area contributed by atoms with Crippen molar-refractivity contribution >= 4 is 7.85 Å². The van der Waals surface area contributed by atoms with E-state index in [-0.39, 0.29) is 5.70 Å². The summed E-state index contributed by atoms with van der Waals surface area (Å²) < 4.78 is 0. The molecule has 0 aliphatic carbocycles. The molecule has 0 rings (SSSR count). The Morgan fingerprint density at radius 1 is 1.33 bits per heavy atom. The maximum Gasteiger partial charge on any atom is 0.276 e. The summed E-state index contributed by atoms with van der Waals surface area (Å²) in [5.74, 6) is 0. The van der Waals surface area contributed by atoms with E-state index in [4.69, 9.17) is 0 Å². The summed E-state index contributed by atoms with van der Waals surface area (Å²) >= 11 is 0. The van der Waals surface area contributed by atoms with Crippen LogP contribution in [0.4, 0.5) is 0 Å². The SMILES string of the molecule is BC/C(C)=C/C(=C\C(=C)[N+](=O)[O-])[N+](=O)[O-]. The first-order chi connectivity index (χ1) is 6.88. The molecule has 0 unspecified atom stereocenters. The summed E-state index contributed by atoms with van der Waals surface area (Å²) in [6.45, 7) is 4.81. The fourth-order valence-corrected chi connectivity index (χ4v) is 0.725. The monoisotopic (exact) mass is 210 g/mol. The normalized spacial score (nSPS) is 12.3. The van der Waals surface area contributed by atoms with Crippen LogP contribution in [0, 0.1) is 20.2 Å². The van der Waals surface area contributed by atoms with Crippen molar-refractivity contribution in [2.45, 2.75) is 13.2 Å². The minimum absolute atomic E-state index is 0.323. The van der Waals surface area contributed by atoms with E-state index in [9.17, 15) is 20.2 Å². The molecule has 0 amide bonds. The third-order valence-electron chi connectivity index (χ3n) is 1.71. The average molecular weight is 210 g/mol. The van der Waals surface area contributed by atoms with E-state index in [0.717, 1.165) is 11.6 Å². The lowest BCUT2D eigenvalue weighted by atomic mass is 9.97. The van der Waals surface area contributed by atoms with Crippen LogP contribution in [0.25, 0.3) is 0 Å². The Labute approximate surface area is 87.7 Å². The van der Waals surface area contributed by atoms with Crippen LogP contribution in [-0.4, -0.2) is 17.7 Å². The van der Waals surface area contributed by atoms with Gasteiger partial charge in [-0.15, -0.1) is 0 Å². The van der Waals surface area contributed by atoms with Crippen LogP contribution in [-0.2, 0) is 0 Å². The molecule has 7 heteroatoms. The molecule has 0 bridgehead atoms. The summed E-state index contributed by atoms with van der Waals surface area (Å²) in [5.41, 5.74) is -0.0491. The van der Waals surface area contributed by atoms with Crippen molar-refractivity contribution < 1.29 is 9.85 Å². The van der Waals surface area contributed by atoms with Crippen LogP contribution in [0.3, 0.4) is 0 Å². The maximum absolute atomic E-state index is 10.5. The molecule has 0 atom stereocenters. The van der Waals surface area contributed by atoms with Gasteiger partial charge in [-0.2, -0.15) is 0 Å². The predicted octanol–water partition coefficient (Wildman–Crippen LogP) is 0.935. The Balaban J connectivity index is 5.07. The highest BCUT2D eigenvalue weighted by atomic mass is 16.6. The highest BCUT2D eigenvalue weighted by molar-refractivity contribution is 6.10. The Hall–Kier alpha value is -1.92. The minimum atomic E-state index is -0.765. The fourth-order valence-electron chi connectivity index (χ4n) is 0.725. The molecule has 15 heavy (non-hydrogen) atoms. The molecule has 0 saturated heterocycles. The molecule has 80 valence electrons. The van der Waals surface area contributed by atoms with Gasteiger partial charge in [0.1, 0.15) is 7.85 Å². The van der Waals surface area contributed by atoms with E-state index in [1.54, 1.807) is 6.92 Å². The maximum atomic E-state index is 10.5. The number of nitrogens with zero attached hydrogens (tertiary/aromatic N) is 2. The van der Waals surface area contributed by atoms with Crippen molar-refractivity contribution in [3.8, 4) is 0 Å². The van der Waals surface area contributed by atoms with Crippen molar-refractivity contribution in [2.24, 2.45) is 0 Å². The lowest BCUT2D eigenvalue weighted by Crippen LogP contribution is -2.01. The van der Waals surface area contributed by atoms with E-state index in [2.05, 4.69) is 6.58 Å². The van der Waals surface area contributed by atoms with Crippen molar-refractivity contribution in [3.05, 3.63) is 55.9 Å². The van der Waals surface area contributed by atoms with E-state index in [1.807, 2.05) is 7.85 Å². The molecule has 0 radical (unpaired) electrons. The Kier molecular flexibility index (Phi) is 5.01. The number of allylic oxidation sites excluding steroid dienone is 3.